The smallest absolute Gasteiger partial charge is 0.424 e. The van der Waals surface area contributed by atoms with Crippen molar-refractivity contribution in [1.29, 1.82) is 0 Å². The fraction of sp³-hybridized carbons (Fsp3) is 0.529. The zero-order valence-electron chi connectivity index (χ0n) is 14.4. The molecule has 0 aliphatic heterocycles. The molecule has 0 radical (unpaired) electrons. The van der Waals surface area contributed by atoms with Gasteiger partial charge in [0, 0.05) is 0 Å². The van der Waals surface area contributed by atoms with Gasteiger partial charge in [0.1, 0.15) is 0 Å². The van der Waals surface area contributed by atoms with Crippen LogP contribution in [0.3, 0.4) is 0 Å². The highest BCUT2D eigenvalue weighted by molar-refractivity contribution is 6.74. The molecule has 22 heavy (non-hydrogen) atoms. The topological polar surface area (TPSA) is 49.7 Å². The van der Waals surface area contributed by atoms with Crippen LogP contribution in [0.5, 0.6) is 0 Å². The molecular formula is C17H29BO3Si. The van der Waals surface area contributed by atoms with Gasteiger partial charge in [0.2, 0.25) is 0 Å². The maximum atomic E-state index is 9.07. The Kier molecular flexibility index (Phi) is 7.07. The standard InChI is InChI=1S/C17H29BO3Si/c1-17(2,3)22(4,5)21-16(13-14-18(19)20)12-11-15-9-7-6-8-10-15/h6-10,13-14,16,19-20H,11-12H2,1-5H3/t16-/m0/s1. The molecule has 2 N–H and O–H groups in total. The van der Waals surface area contributed by atoms with Crippen molar-refractivity contribution in [3.63, 3.8) is 0 Å². The van der Waals surface area contributed by atoms with Crippen molar-refractivity contribution >= 4 is 15.4 Å². The lowest BCUT2D eigenvalue weighted by Crippen LogP contribution is -2.43. The van der Waals surface area contributed by atoms with Gasteiger partial charge in [-0.05, 0) is 36.5 Å². The molecule has 122 valence electrons. The third-order valence-electron chi connectivity index (χ3n) is 4.31. The molecule has 1 aromatic rings. The first-order valence-corrected chi connectivity index (χ1v) is 10.8. The molecular weight excluding hydrogens is 291 g/mol. The van der Waals surface area contributed by atoms with Crippen molar-refractivity contribution < 1.29 is 14.5 Å². The quantitative estimate of drug-likeness (QED) is 0.755. The third kappa shape index (κ3) is 6.48. The zero-order valence-corrected chi connectivity index (χ0v) is 15.4. The minimum absolute atomic E-state index is 0.0945. The Hall–Kier alpha value is -0.878. The monoisotopic (exact) mass is 320 g/mol. The molecule has 0 unspecified atom stereocenters. The van der Waals surface area contributed by atoms with Crippen LogP contribution in [0, 0.1) is 0 Å². The van der Waals surface area contributed by atoms with Gasteiger partial charge in [0.15, 0.2) is 8.32 Å². The van der Waals surface area contributed by atoms with Gasteiger partial charge >= 0.3 is 7.12 Å². The summed E-state index contributed by atoms with van der Waals surface area (Å²) in [6, 6.07) is 10.3. The highest BCUT2D eigenvalue weighted by Gasteiger charge is 2.38. The lowest BCUT2D eigenvalue weighted by Gasteiger charge is -2.38. The van der Waals surface area contributed by atoms with Crippen LogP contribution < -0.4 is 0 Å². The van der Waals surface area contributed by atoms with Crippen LogP contribution in [0.2, 0.25) is 18.1 Å². The van der Waals surface area contributed by atoms with E-state index in [2.05, 4.69) is 46.0 Å². The van der Waals surface area contributed by atoms with Crippen molar-refractivity contribution in [2.45, 2.75) is 57.8 Å². The van der Waals surface area contributed by atoms with E-state index in [9.17, 15) is 0 Å². The summed E-state index contributed by atoms with van der Waals surface area (Å²) >= 11 is 0. The van der Waals surface area contributed by atoms with Crippen LogP contribution in [-0.2, 0) is 10.8 Å². The first-order valence-electron chi connectivity index (χ1n) is 7.88. The van der Waals surface area contributed by atoms with Gasteiger partial charge in [0.05, 0.1) is 6.10 Å². The van der Waals surface area contributed by atoms with E-state index in [1.54, 1.807) is 6.08 Å². The summed E-state index contributed by atoms with van der Waals surface area (Å²) in [5, 5.41) is 18.3. The van der Waals surface area contributed by atoms with Crippen LogP contribution in [0.1, 0.15) is 32.8 Å². The number of rotatable bonds is 7. The largest absolute Gasteiger partial charge is 0.480 e. The molecule has 0 saturated carbocycles. The molecule has 0 bridgehead atoms. The second kappa shape index (κ2) is 8.11. The Bertz CT molecular complexity index is 467. The van der Waals surface area contributed by atoms with E-state index in [1.807, 2.05) is 18.2 Å². The Balaban J connectivity index is 2.76. The molecule has 5 heteroatoms. The van der Waals surface area contributed by atoms with E-state index in [4.69, 9.17) is 14.5 Å². The normalized spacial score (nSPS) is 14.3. The predicted octanol–water partition coefficient (Wildman–Crippen LogP) is 3.58. The average molecular weight is 320 g/mol. The maximum absolute atomic E-state index is 9.07. The van der Waals surface area contributed by atoms with E-state index in [0.29, 0.717) is 0 Å². The van der Waals surface area contributed by atoms with Crippen LogP contribution >= 0.6 is 0 Å². The first-order chi connectivity index (χ1) is 10.1. The van der Waals surface area contributed by atoms with Crippen molar-refractivity contribution in [3.8, 4) is 0 Å². The van der Waals surface area contributed by atoms with Gasteiger partial charge in [0.25, 0.3) is 0 Å². The van der Waals surface area contributed by atoms with Gasteiger partial charge in [-0.3, -0.25) is 0 Å². The molecule has 0 spiro atoms. The van der Waals surface area contributed by atoms with Gasteiger partial charge in [-0.2, -0.15) is 0 Å². The Labute approximate surface area is 136 Å². The van der Waals surface area contributed by atoms with E-state index < -0.39 is 15.4 Å². The van der Waals surface area contributed by atoms with E-state index in [1.165, 1.54) is 11.5 Å². The number of benzene rings is 1. The van der Waals surface area contributed by atoms with E-state index in [0.717, 1.165) is 12.8 Å². The van der Waals surface area contributed by atoms with Crippen molar-refractivity contribution in [3.05, 3.63) is 47.9 Å². The summed E-state index contributed by atoms with van der Waals surface area (Å²) in [5.41, 5.74) is 1.27. The summed E-state index contributed by atoms with van der Waals surface area (Å²) in [6.45, 7) is 11.0. The fourth-order valence-corrected chi connectivity index (χ4v) is 3.23. The van der Waals surface area contributed by atoms with Crippen molar-refractivity contribution in [2.75, 3.05) is 0 Å². The van der Waals surface area contributed by atoms with Crippen molar-refractivity contribution in [2.24, 2.45) is 0 Å². The lowest BCUT2D eigenvalue weighted by molar-refractivity contribution is 0.215. The Morgan fingerprint density at radius 3 is 2.27 bits per heavy atom. The second-order valence-corrected chi connectivity index (χ2v) is 12.0. The van der Waals surface area contributed by atoms with Gasteiger partial charge in [-0.1, -0.05) is 63.2 Å². The summed E-state index contributed by atoms with van der Waals surface area (Å²) in [5.74, 6) is 1.39. The molecule has 0 aliphatic rings. The predicted molar refractivity (Wildman–Crippen MR) is 96.2 cm³/mol. The molecule has 1 rings (SSSR count). The number of hydrogen-bond acceptors (Lipinski definition) is 3. The third-order valence-corrected chi connectivity index (χ3v) is 8.81. The molecule has 1 atom stereocenters. The van der Waals surface area contributed by atoms with Gasteiger partial charge in [-0.15, -0.1) is 0 Å². The summed E-state index contributed by atoms with van der Waals surface area (Å²) < 4.78 is 6.40. The van der Waals surface area contributed by atoms with Crippen molar-refractivity contribution in [1.82, 2.24) is 0 Å². The highest BCUT2D eigenvalue weighted by atomic mass is 28.4. The molecule has 0 aromatic heterocycles. The second-order valence-electron chi connectivity index (χ2n) is 7.24. The van der Waals surface area contributed by atoms with Crippen LogP contribution in [0.15, 0.2) is 42.4 Å². The first kappa shape index (κ1) is 19.2. The molecule has 1 aromatic carbocycles. The van der Waals surface area contributed by atoms with Crippen LogP contribution in [-0.4, -0.2) is 31.6 Å². The Morgan fingerprint density at radius 1 is 1.18 bits per heavy atom. The van der Waals surface area contributed by atoms with E-state index in [-0.39, 0.29) is 11.1 Å². The summed E-state index contributed by atoms with van der Waals surface area (Å²) in [6.07, 6.45) is 3.43. The summed E-state index contributed by atoms with van der Waals surface area (Å²) in [7, 11) is -3.32. The van der Waals surface area contributed by atoms with E-state index >= 15 is 0 Å². The van der Waals surface area contributed by atoms with Crippen LogP contribution in [0.4, 0.5) is 0 Å². The molecule has 0 saturated heterocycles. The minimum Gasteiger partial charge on any atom is -0.424 e. The minimum atomic E-state index is -1.89. The van der Waals surface area contributed by atoms with Gasteiger partial charge < -0.3 is 14.5 Å². The Morgan fingerprint density at radius 2 is 1.77 bits per heavy atom. The van der Waals surface area contributed by atoms with Gasteiger partial charge in [-0.25, -0.2) is 0 Å². The van der Waals surface area contributed by atoms with Crippen LogP contribution in [0.25, 0.3) is 0 Å². The maximum Gasteiger partial charge on any atom is 0.480 e. The number of hydrogen-bond donors (Lipinski definition) is 2. The zero-order chi connectivity index (χ0) is 16.8. The fourth-order valence-electron chi connectivity index (χ4n) is 1.93. The lowest BCUT2D eigenvalue weighted by atomic mass is 9.90. The molecule has 0 amide bonds. The average Bonchev–Trinajstić information content (AvgIpc) is 2.41. The highest BCUT2D eigenvalue weighted by Crippen LogP contribution is 2.37. The molecule has 0 aliphatic carbocycles. The number of aryl methyl sites for hydroxylation is 1. The SMILES string of the molecule is CC(C)(C)[Si](C)(C)O[C@H](C=CB(O)O)CCc1ccccc1. The summed E-state index contributed by atoms with van der Waals surface area (Å²) in [4.78, 5) is 0. The molecule has 3 nitrogen and oxygen atoms in total. The molecule has 0 heterocycles. The molecule has 0 fully saturated rings.